The first-order valence-electron chi connectivity index (χ1n) is 11.7. The van der Waals surface area contributed by atoms with Crippen LogP contribution in [-0.2, 0) is 10.8 Å². The Balaban J connectivity index is 2.21. The summed E-state index contributed by atoms with van der Waals surface area (Å²) < 4.78 is 0. The van der Waals surface area contributed by atoms with Crippen molar-refractivity contribution in [3.63, 3.8) is 0 Å². The van der Waals surface area contributed by atoms with Crippen molar-refractivity contribution in [1.29, 1.82) is 0 Å². The molecule has 2 N–H and O–H groups in total. The van der Waals surface area contributed by atoms with E-state index in [0.717, 1.165) is 11.1 Å². The van der Waals surface area contributed by atoms with Crippen molar-refractivity contribution < 1.29 is 19.8 Å². The van der Waals surface area contributed by atoms with Crippen LogP contribution in [0.2, 0.25) is 0 Å². The fourth-order valence-electron chi connectivity index (χ4n) is 3.43. The zero-order chi connectivity index (χ0) is 26.6. The van der Waals surface area contributed by atoms with Crippen molar-refractivity contribution in [1.82, 2.24) is 0 Å². The summed E-state index contributed by atoms with van der Waals surface area (Å²) in [7, 11) is 0. The van der Waals surface area contributed by atoms with Crippen LogP contribution in [0.5, 0.6) is 11.5 Å². The molecule has 0 fully saturated rings. The maximum absolute atomic E-state index is 11.4. The van der Waals surface area contributed by atoms with Gasteiger partial charge in [-0.15, -0.1) is 0 Å². The Morgan fingerprint density at radius 3 is 1.23 bits per heavy atom. The van der Waals surface area contributed by atoms with E-state index in [1.807, 2.05) is 67.5 Å². The zero-order valence-electron chi connectivity index (χ0n) is 22.1. The zero-order valence-corrected chi connectivity index (χ0v) is 22.1. The molecule has 6 nitrogen and oxygen atoms in total. The molecule has 0 aliphatic carbocycles. The molecule has 2 aromatic rings. The van der Waals surface area contributed by atoms with Crippen LogP contribution >= 0.6 is 0 Å². The highest BCUT2D eigenvalue weighted by Gasteiger charge is 2.20. The highest BCUT2D eigenvalue weighted by Crippen LogP contribution is 2.31. The standard InChI is InChI=1S/C29H38N2O4/c1-27(2,3)23-9-19(25(34)21(11-23)15-32)13-30-17-29(7,8)18-31-14-20-10-24(28(4,5)6)12-22(16-33)26(20)35/h9-16,34-35H,17-18H2,1-8H3/b30-13+,31-14+. The Morgan fingerprint density at radius 1 is 0.629 bits per heavy atom. The maximum atomic E-state index is 11.4. The van der Waals surface area contributed by atoms with Crippen molar-refractivity contribution in [2.75, 3.05) is 13.1 Å². The summed E-state index contributed by atoms with van der Waals surface area (Å²) in [5, 5.41) is 20.9. The third kappa shape index (κ3) is 7.35. The van der Waals surface area contributed by atoms with E-state index in [1.165, 1.54) is 0 Å². The lowest BCUT2D eigenvalue weighted by atomic mass is 9.85. The van der Waals surface area contributed by atoms with E-state index in [2.05, 4.69) is 9.98 Å². The highest BCUT2D eigenvalue weighted by atomic mass is 16.3. The lowest BCUT2D eigenvalue weighted by molar-refractivity contribution is 0.111. The molecule has 0 heterocycles. The molecule has 188 valence electrons. The minimum Gasteiger partial charge on any atom is -0.507 e. The van der Waals surface area contributed by atoms with E-state index in [1.54, 1.807) is 24.6 Å². The number of benzene rings is 2. The molecular weight excluding hydrogens is 440 g/mol. The molecule has 0 saturated carbocycles. The van der Waals surface area contributed by atoms with Gasteiger partial charge in [-0.1, -0.05) is 55.4 Å². The largest absolute Gasteiger partial charge is 0.507 e. The summed E-state index contributed by atoms with van der Waals surface area (Å²) >= 11 is 0. The topological polar surface area (TPSA) is 99.3 Å². The number of aliphatic imine (C=N–C) groups is 2. The van der Waals surface area contributed by atoms with Gasteiger partial charge in [0.25, 0.3) is 0 Å². The average molecular weight is 479 g/mol. The molecule has 0 aromatic heterocycles. The fraction of sp³-hybridized carbons (Fsp3) is 0.448. The number of aromatic hydroxyl groups is 2. The number of nitrogens with zero attached hydrogens (tertiary/aromatic N) is 2. The first kappa shape index (κ1) is 28.0. The maximum Gasteiger partial charge on any atom is 0.153 e. The van der Waals surface area contributed by atoms with E-state index >= 15 is 0 Å². The number of phenols is 2. The van der Waals surface area contributed by atoms with Gasteiger partial charge in [0.15, 0.2) is 12.6 Å². The van der Waals surface area contributed by atoms with Gasteiger partial charge >= 0.3 is 0 Å². The van der Waals surface area contributed by atoms with Crippen LogP contribution in [0, 0.1) is 5.41 Å². The third-order valence-corrected chi connectivity index (χ3v) is 5.82. The van der Waals surface area contributed by atoms with Crippen molar-refractivity contribution in [3.8, 4) is 11.5 Å². The smallest absolute Gasteiger partial charge is 0.153 e. The SMILES string of the molecule is CC(C)(C/N=C/c1cc(C(C)(C)C)cc(C=O)c1O)C/N=C/c1cc(C(C)(C)C)cc(C=O)c1O. The lowest BCUT2D eigenvalue weighted by Gasteiger charge is -2.22. The first-order valence-corrected chi connectivity index (χ1v) is 11.7. The Hall–Kier alpha value is -3.28. The molecule has 0 radical (unpaired) electrons. The minimum absolute atomic E-state index is 0.0761. The van der Waals surface area contributed by atoms with Gasteiger partial charge in [-0.05, 0) is 46.2 Å². The third-order valence-electron chi connectivity index (χ3n) is 5.82. The molecule has 6 heteroatoms. The van der Waals surface area contributed by atoms with E-state index in [9.17, 15) is 19.8 Å². The second-order valence-corrected chi connectivity index (χ2v) is 11.8. The number of carbonyl (C=O) groups excluding carboxylic acids is 2. The second-order valence-electron chi connectivity index (χ2n) is 11.8. The van der Waals surface area contributed by atoms with E-state index in [0.29, 0.717) is 36.8 Å². The summed E-state index contributed by atoms with van der Waals surface area (Å²) in [5.41, 5.74) is 2.72. The predicted octanol–water partition coefficient (Wildman–Crippen LogP) is 5.88. The van der Waals surface area contributed by atoms with Crippen molar-refractivity contribution in [3.05, 3.63) is 57.6 Å². The minimum atomic E-state index is -0.303. The number of aldehydes is 2. The Bertz CT molecular complexity index is 1060. The van der Waals surface area contributed by atoms with Crippen LogP contribution in [0.3, 0.4) is 0 Å². The summed E-state index contributed by atoms with van der Waals surface area (Å²) in [5.74, 6) is -0.152. The molecule has 0 amide bonds. The molecule has 35 heavy (non-hydrogen) atoms. The number of hydrogen-bond donors (Lipinski definition) is 2. The average Bonchev–Trinajstić information content (AvgIpc) is 2.74. The molecule has 0 aliphatic rings. The van der Waals surface area contributed by atoms with Gasteiger partial charge in [0, 0.05) is 42.1 Å². The second kappa shape index (κ2) is 10.5. The van der Waals surface area contributed by atoms with Gasteiger partial charge < -0.3 is 10.2 Å². The van der Waals surface area contributed by atoms with Crippen LogP contribution in [0.1, 0.15) is 98.4 Å². The lowest BCUT2D eigenvalue weighted by Crippen LogP contribution is -2.20. The number of rotatable bonds is 8. The quantitative estimate of drug-likeness (QED) is 0.365. The molecule has 0 aliphatic heterocycles. The molecule has 0 spiro atoms. The number of phenolic OH excluding ortho intramolecular Hbond substituents is 2. The van der Waals surface area contributed by atoms with Gasteiger partial charge in [-0.2, -0.15) is 0 Å². The number of hydrogen-bond acceptors (Lipinski definition) is 6. The molecule has 0 bridgehead atoms. The van der Waals surface area contributed by atoms with E-state index in [-0.39, 0.29) is 38.9 Å². The Kier molecular flexibility index (Phi) is 8.43. The van der Waals surface area contributed by atoms with Gasteiger partial charge in [-0.3, -0.25) is 19.6 Å². The Labute approximate surface area is 208 Å². The van der Waals surface area contributed by atoms with Gasteiger partial charge in [0.1, 0.15) is 11.5 Å². The van der Waals surface area contributed by atoms with Crippen molar-refractivity contribution in [2.45, 2.75) is 66.2 Å². The Morgan fingerprint density at radius 2 is 0.943 bits per heavy atom. The summed E-state index contributed by atoms with van der Waals surface area (Å²) in [4.78, 5) is 31.9. The summed E-state index contributed by atoms with van der Waals surface area (Å²) in [6.45, 7) is 17.2. The van der Waals surface area contributed by atoms with Crippen LogP contribution in [0.15, 0.2) is 34.3 Å². The monoisotopic (exact) mass is 478 g/mol. The molecule has 0 saturated heterocycles. The van der Waals surface area contributed by atoms with Gasteiger partial charge in [-0.25, -0.2) is 0 Å². The normalized spacial score (nSPS) is 13.0. The molecule has 0 atom stereocenters. The van der Waals surface area contributed by atoms with Crippen molar-refractivity contribution >= 4 is 25.0 Å². The van der Waals surface area contributed by atoms with Crippen LogP contribution < -0.4 is 0 Å². The van der Waals surface area contributed by atoms with Gasteiger partial charge in [0.05, 0.1) is 11.1 Å². The predicted molar refractivity (Wildman–Crippen MR) is 143 cm³/mol. The van der Waals surface area contributed by atoms with Gasteiger partial charge in [0.2, 0.25) is 0 Å². The molecule has 0 unspecified atom stereocenters. The highest BCUT2D eigenvalue weighted by molar-refractivity contribution is 5.91. The summed E-state index contributed by atoms with van der Waals surface area (Å²) in [6, 6.07) is 7.12. The first-order chi connectivity index (χ1) is 16.1. The number of carbonyl (C=O) groups is 2. The van der Waals surface area contributed by atoms with Crippen LogP contribution in [-0.4, -0.2) is 48.3 Å². The molecular formula is C29H38N2O4. The van der Waals surface area contributed by atoms with Crippen LogP contribution in [0.25, 0.3) is 0 Å². The van der Waals surface area contributed by atoms with E-state index in [4.69, 9.17) is 0 Å². The van der Waals surface area contributed by atoms with Crippen molar-refractivity contribution in [2.24, 2.45) is 15.4 Å². The summed E-state index contributed by atoms with van der Waals surface area (Å²) in [6.07, 6.45) is 4.50. The molecule has 2 rings (SSSR count). The fourth-order valence-corrected chi connectivity index (χ4v) is 3.43. The van der Waals surface area contributed by atoms with E-state index < -0.39 is 0 Å². The van der Waals surface area contributed by atoms with Crippen LogP contribution in [0.4, 0.5) is 0 Å². The molecule has 2 aromatic carbocycles.